The molecular formula is C56H107NO10. The Labute approximate surface area is 410 Å². The molecule has 1 aliphatic rings. The molecule has 0 aromatic heterocycles. The van der Waals surface area contributed by atoms with Gasteiger partial charge in [-0.2, -0.15) is 0 Å². The molecule has 11 nitrogen and oxygen atoms in total. The number of nitrogens with one attached hydrogen (secondary N) is 1. The number of carbonyl (C=O) groups is 1. The molecule has 1 heterocycles. The van der Waals surface area contributed by atoms with Gasteiger partial charge in [0.2, 0.25) is 5.91 Å². The zero-order valence-corrected chi connectivity index (χ0v) is 43.1. The Kier molecular flexibility index (Phi) is 43.4. The molecule has 0 bridgehead atoms. The van der Waals surface area contributed by atoms with Crippen molar-refractivity contribution >= 4 is 5.91 Å². The minimum absolute atomic E-state index is 0.255. The number of aliphatic hydroxyl groups excluding tert-OH is 7. The van der Waals surface area contributed by atoms with Crippen LogP contribution in [-0.4, -0.2) is 110 Å². The van der Waals surface area contributed by atoms with Gasteiger partial charge >= 0.3 is 0 Å². The van der Waals surface area contributed by atoms with Gasteiger partial charge in [-0.15, -0.1) is 0 Å². The first-order chi connectivity index (χ1) is 32.7. The maximum absolute atomic E-state index is 13.1. The van der Waals surface area contributed by atoms with Crippen LogP contribution in [-0.2, 0) is 14.3 Å². The maximum Gasteiger partial charge on any atom is 0.249 e. The monoisotopic (exact) mass is 954 g/mol. The van der Waals surface area contributed by atoms with Crippen molar-refractivity contribution in [3.63, 3.8) is 0 Å². The Balaban J connectivity index is 2.25. The van der Waals surface area contributed by atoms with E-state index in [4.69, 9.17) is 9.47 Å². The summed E-state index contributed by atoms with van der Waals surface area (Å²) in [5, 5.41) is 75.9. The van der Waals surface area contributed by atoms with E-state index in [1.165, 1.54) is 180 Å². The smallest absolute Gasteiger partial charge is 0.249 e. The lowest BCUT2D eigenvalue weighted by Gasteiger charge is -2.40. The van der Waals surface area contributed by atoms with Gasteiger partial charge in [0.05, 0.1) is 25.4 Å². The minimum Gasteiger partial charge on any atom is -0.394 e. The first kappa shape index (κ1) is 63.6. The molecule has 1 amide bonds. The Hall–Kier alpha value is -1.41. The second kappa shape index (κ2) is 45.7. The number of hydrogen-bond donors (Lipinski definition) is 8. The van der Waals surface area contributed by atoms with E-state index in [0.29, 0.717) is 12.8 Å². The van der Waals surface area contributed by atoms with Crippen LogP contribution >= 0.6 is 0 Å². The van der Waals surface area contributed by atoms with E-state index in [-0.39, 0.29) is 12.8 Å². The van der Waals surface area contributed by atoms with Crippen molar-refractivity contribution in [3.8, 4) is 0 Å². The van der Waals surface area contributed by atoms with Crippen LogP contribution in [0.5, 0.6) is 0 Å². The predicted molar refractivity (Wildman–Crippen MR) is 275 cm³/mol. The number of hydrogen-bond acceptors (Lipinski definition) is 10. The number of unbranched alkanes of at least 4 members (excludes halogenated alkanes) is 32. The maximum atomic E-state index is 13.1. The summed E-state index contributed by atoms with van der Waals surface area (Å²) in [5.41, 5.74) is 0. The molecule has 0 aliphatic carbocycles. The Morgan fingerprint density at radius 3 is 1.28 bits per heavy atom. The molecule has 0 saturated carbocycles. The molecule has 11 heteroatoms. The third kappa shape index (κ3) is 34.5. The molecule has 0 radical (unpaired) electrons. The second-order valence-corrected chi connectivity index (χ2v) is 20.0. The summed E-state index contributed by atoms with van der Waals surface area (Å²) < 4.78 is 11.1. The summed E-state index contributed by atoms with van der Waals surface area (Å²) in [6.07, 6.45) is 42.5. The lowest BCUT2D eigenvalue weighted by molar-refractivity contribution is -0.303. The van der Waals surface area contributed by atoms with Crippen molar-refractivity contribution in [2.75, 3.05) is 13.2 Å². The molecule has 396 valence electrons. The third-order valence-corrected chi connectivity index (χ3v) is 13.7. The molecule has 9 atom stereocenters. The van der Waals surface area contributed by atoms with E-state index in [2.05, 4.69) is 43.5 Å². The summed E-state index contributed by atoms with van der Waals surface area (Å²) in [7, 11) is 0. The average Bonchev–Trinajstić information content (AvgIpc) is 3.33. The molecular weight excluding hydrogens is 847 g/mol. The van der Waals surface area contributed by atoms with Gasteiger partial charge in [0.15, 0.2) is 6.29 Å². The lowest BCUT2D eigenvalue weighted by atomic mass is 9.98. The molecule has 1 rings (SSSR count). The first-order valence-electron chi connectivity index (χ1n) is 28.2. The second-order valence-electron chi connectivity index (χ2n) is 20.0. The van der Waals surface area contributed by atoms with E-state index >= 15 is 0 Å². The molecule has 1 saturated heterocycles. The highest BCUT2D eigenvalue weighted by atomic mass is 16.7. The van der Waals surface area contributed by atoms with Gasteiger partial charge in [0.25, 0.3) is 0 Å². The van der Waals surface area contributed by atoms with Crippen molar-refractivity contribution in [2.24, 2.45) is 0 Å². The van der Waals surface area contributed by atoms with Gasteiger partial charge in [-0.05, 0) is 64.2 Å². The number of allylic oxidation sites excluding steroid dienone is 4. The van der Waals surface area contributed by atoms with Gasteiger partial charge in [0.1, 0.15) is 36.6 Å². The fourth-order valence-electron chi connectivity index (χ4n) is 9.08. The summed E-state index contributed by atoms with van der Waals surface area (Å²) >= 11 is 0. The van der Waals surface area contributed by atoms with Gasteiger partial charge < -0.3 is 50.5 Å². The summed E-state index contributed by atoms with van der Waals surface area (Å²) in [6.45, 7) is 3.44. The van der Waals surface area contributed by atoms with Crippen molar-refractivity contribution in [3.05, 3.63) is 24.3 Å². The molecule has 67 heavy (non-hydrogen) atoms. The minimum atomic E-state index is -1.67. The van der Waals surface area contributed by atoms with Gasteiger partial charge in [-0.25, -0.2) is 0 Å². The molecule has 0 spiro atoms. The fraction of sp³-hybridized carbons (Fsp3) is 0.911. The number of amides is 1. The highest BCUT2D eigenvalue weighted by Crippen LogP contribution is 2.23. The van der Waals surface area contributed by atoms with Crippen LogP contribution in [0.1, 0.15) is 258 Å². The van der Waals surface area contributed by atoms with Crippen LogP contribution in [0.2, 0.25) is 0 Å². The van der Waals surface area contributed by atoms with Gasteiger partial charge in [-0.1, -0.05) is 218 Å². The Bertz CT molecular complexity index is 1140. The lowest BCUT2D eigenvalue weighted by Crippen LogP contribution is -2.60. The van der Waals surface area contributed by atoms with E-state index in [1.807, 2.05) is 0 Å². The normalized spacial score (nSPS) is 20.8. The fourth-order valence-corrected chi connectivity index (χ4v) is 9.08. The van der Waals surface area contributed by atoms with Crippen molar-refractivity contribution < 1.29 is 50.0 Å². The van der Waals surface area contributed by atoms with Crippen LogP contribution in [0.4, 0.5) is 0 Å². The van der Waals surface area contributed by atoms with Crippen LogP contribution in [0.25, 0.3) is 0 Å². The average molecular weight is 954 g/mol. The first-order valence-corrected chi connectivity index (χ1v) is 28.2. The number of rotatable bonds is 48. The topological polar surface area (TPSA) is 189 Å². The zero-order chi connectivity index (χ0) is 49.0. The van der Waals surface area contributed by atoms with E-state index < -0.39 is 74.2 Å². The zero-order valence-electron chi connectivity index (χ0n) is 43.1. The molecule has 8 N–H and O–H groups in total. The predicted octanol–water partition coefficient (Wildman–Crippen LogP) is 11.3. The SMILES string of the molecule is CCCCCCCCC/C=C/CCCC(O)C(O)C(COC1OC(CO)C(O)C(O)C1O)NC(=O)C(O)CCCCCCCCCCCCCC/C=C\CCCCCCCCCCCCCC. The van der Waals surface area contributed by atoms with Crippen LogP contribution < -0.4 is 5.32 Å². The van der Waals surface area contributed by atoms with Crippen LogP contribution in [0.15, 0.2) is 24.3 Å². The van der Waals surface area contributed by atoms with Crippen molar-refractivity contribution in [2.45, 2.75) is 313 Å². The van der Waals surface area contributed by atoms with Gasteiger partial charge in [0, 0.05) is 0 Å². The highest BCUT2D eigenvalue weighted by Gasteiger charge is 2.44. The van der Waals surface area contributed by atoms with Gasteiger partial charge in [-0.3, -0.25) is 4.79 Å². The standard InChI is InChI=1S/C56H107NO10/c1-3-5-7-9-11-13-15-17-18-19-20-21-22-23-24-25-26-27-28-29-30-31-32-34-36-38-40-42-44-49(60)55(65)57-47(46-66-56-54(64)53(63)52(62)50(45-58)67-56)51(61)48(59)43-41-39-37-35-33-16-14-12-10-8-6-4-2/h23-24,35,37,47-54,56,58-64H,3-22,25-34,36,38-46H2,1-2H3,(H,57,65)/b24-23-,37-35+. The van der Waals surface area contributed by atoms with E-state index in [1.54, 1.807) is 0 Å². The number of carbonyl (C=O) groups excluding carboxylic acids is 1. The molecule has 0 aromatic rings. The molecule has 1 fully saturated rings. The number of aliphatic hydroxyl groups is 7. The van der Waals surface area contributed by atoms with E-state index in [9.17, 15) is 40.5 Å². The largest absolute Gasteiger partial charge is 0.394 e. The van der Waals surface area contributed by atoms with E-state index in [0.717, 1.165) is 38.5 Å². The summed E-state index contributed by atoms with van der Waals surface area (Å²) in [5.74, 6) is -0.705. The van der Waals surface area contributed by atoms with Crippen molar-refractivity contribution in [1.82, 2.24) is 5.32 Å². The Morgan fingerprint density at radius 2 is 0.881 bits per heavy atom. The highest BCUT2D eigenvalue weighted by molar-refractivity contribution is 5.80. The van der Waals surface area contributed by atoms with Crippen LogP contribution in [0.3, 0.4) is 0 Å². The summed E-state index contributed by atoms with van der Waals surface area (Å²) in [6, 6.07) is -1.18. The molecule has 0 aromatic carbocycles. The summed E-state index contributed by atoms with van der Waals surface area (Å²) in [4.78, 5) is 13.1. The molecule has 1 aliphatic heterocycles. The number of ether oxygens (including phenoxy) is 2. The van der Waals surface area contributed by atoms with Crippen LogP contribution in [0, 0.1) is 0 Å². The Morgan fingerprint density at radius 1 is 0.507 bits per heavy atom. The third-order valence-electron chi connectivity index (χ3n) is 13.7. The molecule has 9 unspecified atom stereocenters. The quantitative estimate of drug-likeness (QED) is 0.0215. The van der Waals surface area contributed by atoms with Crippen molar-refractivity contribution in [1.29, 1.82) is 0 Å².